The fraction of sp³-hybridized carbons (Fsp3) is 0.250. The minimum atomic E-state index is 0.710. The minimum Gasteiger partial charge on any atom is -0.398 e. The molecule has 0 radical (unpaired) electrons. The van der Waals surface area contributed by atoms with Crippen molar-refractivity contribution in [3.8, 4) is 0 Å². The highest BCUT2D eigenvalue weighted by Crippen LogP contribution is 2.17. The molecule has 2 heteroatoms. The highest BCUT2D eigenvalue weighted by atomic mass is 32.2. The summed E-state index contributed by atoms with van der Waals surface area (Å²) in [6.07, 6.45) is 3.39. The minimum absolute atomic E-state index is 0.710. The number of allylic oxidation sites excluding steroid dienone is 2. The van der Waals surface area contributed by atoms with Gasteiger partial charge in [0, 0.05) is 10.6 Å². The highest BCUT2D eigenvalue weighted by molar-refractivity contribution is 8.03. The predicted molar refractivity (Wildman–Crippen MR) is 49.7 cm³/mol. The first kappa shape index (κ1) is 9.37. The summed E-state index contributed by atoms with van der Waals surface area (Å²) < 4.78 is 0. The lowest BCUT2D eigenvalue weighted by atomic mass is 10.4. The van der Waals surface area contributed by atoms with Gasteiger partial charge in [-0.3, -0.25) is 0 Å². The molecule has 0 aliphatic rings. The SMILES string of the molecule is C=C/C(N)=C(\C=C)SCC. The van der Waals surface area contributed by atoms with E-state index in [0.29, 0.717) is 5.70 Å². The standard InChI is InChI=1S/C8H13NS/c1-4-7(9)8(5-2)10-6-3/h4-5H,1-2,6,9H2,3H3/b8-7-. The van der Waals surface area contributed by atoms with E-state index in [2.05, 4.69) is 20.1 Å². The molecule has 0 aliphatic carbocycles. The van der Waals surface area contributed by atoms with Crippen LogP contribution in [0.15, 0.2) is 35.9 Å². The summed E-state index contributed by atoms with van der Waals surface area (Å²) in [4.78, 5) is 1.01. The second-order valence-electron chi connectivity index (χ2n) is 1.66. The van der Waals surface area contributed by atoms with Gasteiger partial charge in [0.1, 0.15) is 0 Å². The molecule has 0 aromatic carbocycles. The van der Waals surface area contributed by atoms with Crippen molar-refractivity contribution < 1.29 is 0 Å². The molecule has 56 valence electrons. The van der Waals surface area contributed by atoms with Crippen molar-refractivity contribution in [3.63, 3.8) is 0 Å². The molecule has 0 aromatic heterocycles. The number of rotatable bonds is 4. The fourth-order valence-electron chi connectivity index (χ4n) is 0.516. The molecular formula is C8H13NS. The zero-order chi connectivity index (χ0) is 7.98. The number of thioether (sulfide) groups is 1. The molecule has 0 unspecified atom stereocenters. The van der Waals surface area contributed by atoms with Gasteiger partial charge < -0.3 is 5.73 Å². The van der Waals surface area contributed by atoms with Crippen molar-refractivity contribution in [2.75, 3.05) is 5.75 Å². The van der Waals surface area contributed by atoms with Gasteiger partial charge in [0.15, 0.2) is 0 Å². The Kier molecular flexibility index (Phi) is 4.85. The third kappa shape index (κ3) is 2.78. The van der Waals surface area contributed by atoms with E-state index in [0.717, 1.165) is 10.7 Å². The van der Waals surface area contributed by atoms with E-state index < -0.39 is 0 Å². The van der Waals surface area contributed by atoms with Gasteiger partial charge in [-0.25, -0.2) is 0 Å². The molecule has 10 heavy (non-hydrogen) atoms. The molecule has 0 rings (SSSR count). The lowest BCUT2D eigenvalue weighted by molar-refractivity contribution is 1.41. The van der Waals surface area contributed by atoms with E-state index in [1.54, 1.807) is 23.9 Å². The molecule has 1 nitrogen and oxygen atoms in total. The van der Waals surface area contributed by atoms with Gasteiger partial charge in [-0.2, -0.15) is 0 Å². The topological polar surface area (TPSA) is 26.0 Å². The summed E-state index contributed by atoms with van der Waals surface area (Å²) >= 11 is 1.67. The Morgan fingerprint density at radius 1 is 1.50 bits per heavy atom. The normalized spacial score (nSPS) is 12.1. The largest absolute Gasteiger partial charge is 0.398 e. The zero-order valence-electron chi connectivity index (χ0n) is 6.26. The predicted octanol–water partition coefficient (Wildman–Crippen LogP) is 2.28. The summed E-state index contributed by atoms with van der Waals surface area (Å²) in [6, 6.07) is 0. The van der Waals surface area contributed by atoms with Crippen LogP contribution in [0, 0.1) is 0 Å². The third-order valence-electron chi connectivity index (χ3n) is 0.990. The summed E-state index contributed by atoms with van der Waals surface area (Å²) in [7, 11) is 0. The maximum atomic E-state index is 5.58. The van der Waals surface area contributed by atoms with Gasteiger partial charge in [-0.05, 0) is 11.8 Å². The number of hydrogen-bond acceptors (Lipinski definition) is 2. The first-order valence-corrected chi connectivity index (χ1v) is 4.12. The molecule has 2 N–H and O–H groups in total. The van der Waals surface area contributed by atoms with Gasteiger partial charge in [-0.15, -0.1) is 11.8 Å². The van der Waals surface area contributed by atoms with Crippen molar-refractivity contribution >= 4 is 11.8 Å². The second kappa shape index (κ2) is 5.18. The Bertz CT molecular complexity index is 159. The molecule has 0 bridgehead atoms. The van der Waals surface area contributed by atoms with Crippen LogP contribution in [0.1, 0.15) is 6.92 Å². The van der Waals surface area contributed by atoms with Crippen molar-refractivity contribution in [3.05, 3.63) is 35.9 Å². The lowest BCUT2D eigenvalue weighted by Gasteiger charge is -2.00. The summed E-state index contributed by atoms with van der Waals surface area (Å²) in [5, 5.41) is 0. The lowest BCUT2D eigenvalue weighted by Crippen LogP contribution is -1.95. The van der Waals surface area contributed by atoms with Crippen LogP contribution in [0.2, 0.25) is 0 Å². The van der Waals surface area contributed by atoms with E-state index >= 15 is 0 Å². The molecule has 0 amide bonds. The van der Waals surface area contributed by atoms with Crippen LogP contribution >= 0.6 is 11.8 Å². The van der Waals surface area contributed by atoms with Gasteiger partial charge in [-0.1, -0.05) is 26.2 Å². The molecule has 0 saturated carbocycles. The van der Waals surface area contributed by atoms with Crippen LogP contribution in [0.5, 0.6) is 0 Å². The molecule has 0 heterocycles. The van der Waals surface area contributed by atoms with E-state index in [1.807, 2.05) is 0 Å². The van der Waals surface area contributed by atoms with E-state index in [9.17, 15) is 0 Å². The Morgan fingerprint density at radius 2 is 2.10 bits per heavy atom. The summed E-state index contributed by atoms with van der Waals surface area (Å²) in [6.45, 7) is 9.28. The van der Waals surface area contributed by atoms with Gasteiger partial charge in [0.05, 0.1) is 0 Å². The number of nitrogens with two attached hydrogens (primary N) is 1. The Balaban J connectivity index is 4.28. The van der Waals surface area contributed by atoms with Gasteiger partial charge in [0.25, 0.3) is 0 Å². The molecule has 0 aliphatic heterocycles. The van der Waals surface area contributed by atoms with E-state index in [4.69, 9.17) is 5.73 Å². The van der Waals surface area contributed by atoms with Crippen LogP contribution in [0.25, 0.3) is 0 Å². The quantitative estimate of drug-likeness (QED) is 0.630. The average molecular weight is 155 g/mol. The summed E-state index contributed by atoms with van der Waals surface area (Å²) in [5.74, 6) is 1.01. The third-order valence-corrected chi connectivity index (χ3v) is 1.99. The van der Waals surface area contributed by atoms with Crippen LogP contribution in [0.3, 0.4) is 0 Å². The number of hydrogen-bond donors (Lipinski definition) is 1. The van der Waals surface area contributed by atoms with Gasteiger partial charge >= 0.3 is 0 Å². The van der Waals surface area contributed by atoms with Crippen LogP contribution in [0.4, 0.5) is 0 Å². The van der Waals surface area contributed by atoms with E-state index in [1.165, 1.54) is 0 Å². The molecule has 0 spiro atoms. The smallest absolute Gasteiger partial charge is 0.0446 e. The summed E-state index contributed by atoms with van der Waals surface area (Å²) in [5.41, 5.74) is 6.29. The van der Waals surface area contributed by atoms with Crippen LogP contribution in [-0.4, -0.2) is 5.75 Å². The van der Waals surface area contributed by atoms with Crippen molar-refractivity contribution in [1.82, 2.24) is 0 Å². The Morgan fingerprint density at radius 3 is 2.40 bits per heavy atom. The maximum Gasteiger partial charge on any atom is 0.0446 e. The van der Waals surface area contributed by atoms with Crippen molar-refractivity contribution in [2.24, 2.45) is 5.73 Å². The van der Waals surface area contributed by atoms with Crippen LogP contribution in [-0.2, 0) is 0 Å². The first-order chi connectivity index (χ1) is 4.76. The highest BCUT2D eigenvalue weighted by Gasteiger charge is 1.93. The molecule has 0 fully saturated rings. The maximum absolute atomic E-state index is 5.58. The average Bonchev–Trinajstić information content (AvgIpc) is 1.99. The molecule has 0 saturated heterocycles. The van der Waals surface area contributed by atoms with Crippen LogP contribution < -0.4 is 5.73 Å². The Labute approximate surface area is 66.7 Å². The van der Waals surface area contributed by atoms with Gasteiger partial charge in [0.2, 0.25) is 0 Å². The van der Waals surface area contributed by atoms with Crippen molar-refractivity contribution in [1.29, 1.82) is 0 Å². The van der Waals surface area contributed by atoms with E-state index in [-0.39, 0.29) is 0 Å². The molecular weight excluding hydrogens is 142 g/mol. The monoisotopic (exact) mass is 155 g/mol. The second-order valence-corrected chi connectivity index (χ2v) is 2.97. The van der Waals surface area contributed by atoms with Crippen molar-refractivity contribution in [2.45, 2.75) is 6.92 Å². The zero-order valence-corrected chi connectivity index (χ0v) is 7.08. The molecule has 0 aromatic rings. The Hall–Kier alpha value is -0.630. The fourth-order valence-corrected chi connectivity index (χ4v) is 1.20. The first-order valence-electron chi connectivity index (χ1n) is 3.13. The molecule has 0 atom stereocenters.